The number of benzene rings is 1. The van der Waals surface area contributed by atoms with E-state index in [0.29, 0.717) is 17.3 Å². The molecule has 1 atom stereocenters. The van der Waals surface area contributed by atoms with E-state index in [4.69, 9.17) is 0 Å². The highest BCUT2D eigenvalue weighted by molar-refractivity contribution is 5.40. The van der Waals surface area contributed by atoms with Crippen LogP contribution in [-0.4, -0.2) is 36.3 Å². The molecule has 0 saturated carbocycles. The van der Waals surface area contributed by atoms with Crippen molar-refractivity contribution in [2.24, 2.45) is 0 Å². The Bertz CT molecular complexity index is 968. The normalized spacial score (nSPS) is 12.0. The van der Waals surface area contributed by atoms with E-state index in [0.717, 1.165) is 17.1 Å². The van der Waals surface area contributed by atoms with Crippen molar-refractivity contribution in [2.45, 2.75) is 26.9 Å². The molecule has 0 radical (unpaired) electrons. The van der Waals surface area contributed by atoms with Gasteiger partial charge in [0, 0.05) is 36.1 Å². The maximum atomic E-state index is 10.7. The third kappa shape index (κ3) is 4.26. The van der Waals surface area contributed by atoms with Gasteiger partial charge in [-0.25, -0.2) is 9.67 Å². The highest BCUT2D eigenvalue weighted by Crippen LogP contribution is 2.19. The Hall–Kier alpha value is -3.33. The van der Waals surface area contributed by atoms with Crippen LogP contribution in [0.15, 0.2) is 36.4 Å². The summed E-state index contributed by atoms with van der Waals surface area (Å²) in [4.78, 5) is 19.1. The van der Waals surface area contributed by atoms with Crippen molar-refractivity contribution in [3.8, 4) is 5.95 Å². The molecule has 0 spiro atoms. The fourth-order valence-corrected chi connectivity index (χ4v) is 2.71. The average Bonchev–Trinajstić information content (AvgIpc) is 2.97. The number of aryl methyl sites for hydroxylation is 3. The smallest absolute Gasteiger partial charge is 0.269 e. The van der Waals surface area contributed by atoms with Crippen molar-refractivity contribution >= 4 is 11.5 Å². The highest BCUT2D eigenvalue weighted by atomic mass is 16.6. The van der Waals surface area contributed by atoms with Crippen molar-refractivity contribution in [3.63, 3.8) is 0 Å². The van der Waals surface area contributed by atoms with Gasteiger partial charge in [-0.3, -0.25) is 10.1 Å². The first-order chi connectivity index (χ1) is 12.8. The van der Waals surface area contributed by atoms with E-state index in [2.05, 4.69) is 20.4 Å². The van der Waals surface area contributed by atoms with Crippen molar-refractivity contribution in [1.29, 1.82) is 0 Å². The second kappa shape index (κ2) is 7.50. The Kier molecular flexibility index (Phi) is 5.13. The molecule has 0 fully saturated rings. The minimum absolute atomic E-state index is 0.0140. The topological polar surface area (TPSA) is 119 Å². The van der Waals surface area contributed by atoms with Crippen molar-refractivity contribution < 1.29 is 10.0 Å². The van der Waals surface area contributed by atoms with Gasteiger partial charge in [0.1, 0.15) is 5.82 Å². The molecule has 1 unspecified atom stereocenters. The Morgan fingerprint density at radius 2 is 1.85 bits per heavy atom. The van der Waals surface area contributed by atoms with E-state index in [9.17, 15) is 15.2 Å². The van der Waals surface area contributed by atoms with Gasteiger partial charge in [-0.1, -0.05) is 0 Å². The van der Waals surface area contributed by atoms with E-state index < -0.39 is 11.0 Å². The van der Waals surface area contributed by atoms with Crippen molar-refractivity contribution in [1.82, 2.24) is 19.7 Å². The molecular weight excluding hydrogens is 348 g/mol. The molecule has 3 rings (SSSR count). The quantitative estimate of drug-likeness (QED) is 0.507. The number of aliphatic hydroxyl groups is 1. The lowest BCUT2D eigenvalue weighted by atomic mass is 10.1. The summed E-state index contributed by atoms with van der Waals surface area (Å²) in [6.45, 7) is 5.88. The third-order valence-corrected chi connectivity index (χ3v) is 4.01. The van der Waals surface area contributed by atoms with Crippen LogP contribution in [-0.2, 0) is 0 Å². The van der Waals surface area contributed by atoms with E-state index in [-0.39, 0.29) is 12.2 Å². The van der Waals surface area contributed by atoms with Gasteiger partial charge in [0.25, 0.3) is 11.6 Å². The number of nitro groups is 1. The Morgan fingerprint density at radius 1 is 1.15 bits per heavy atom. The second-order valence-corrected chi connectivity index (χ2v) is 6.28. The molecule has 0 amide bonds. The maximum absolute atomic E-state index is 10.7. The number of anilines is 1. The summed E-state index contributed by atoms with van der Waals surface area (Å²) >= 11 is 0. The summed E-state index contributed by atoms with van der Waals surface area (Å²) in [5.74, 6) is 1.01. The Balaban J connectivity index is 1.74. The molecular formula is C18H20N6O3. The summed E-state index contributed by atoms with van der Waals surface area (Å²) < 4.78 is 1.67. The van der Waals surface area contributed by atoms with Gasteiger partial charge in [0.2, 0.25) is 0 Å². The second-order valence-electron chi connectivity index (χ2n) is 6.28. The molecule has 140 valence electrons. The number of nitrogens with zero attached hydrogens (tertiary/aromatic N) is 5. The van der Waals surface area contributed by atoms with Gasteiger partial charge in [0.05, 0.1) is 16.7 Å². The lowest BCUT2D eigenvalue weighted by Crippen LogP contribution is -2.15. The molecule has 0 saturated heterocycles. The molecule has 0 aliphatic heterocycles. The number of hydrogen-bond acceptors (Lipinski definition) is 7. The van der Waals surface area contributed by atoms with Crippen LogP contribution in [0.1, 0.15) is 28.7 Å². The predicted octanol–water partition coefficient (Wildman–Crippen LogP) is 2.64. The monoisotopic (exact) mass is 368 g/mol. The van der Waals surface area contributed by atoms with E-state index in [1.54, 1.807) is 10.7 Å². The molecule has 2 N–H and O–H groups in total. The third-order valence-electron chi connectivity index (χ3n) is 4.01. The van der Waals surface area contributed by atoms with Crippen LogP contribution in [0.3, 0.4) is 0 Å². The zero-order valence-electron chi connectivity index (χ0n) is 15.2. The number of rotatable bonds is 6. The molecule has 9 nitrogen and oxygen atoms in total. The molecule has 0 aliphatic rings. The number of hydrogen-bond donors (Lipinski definition) is 2. The fraction of sp³-hybridized carbons (Fsp3) is 0.278. The summed E-state index contributed by atoms with van der Waals surface area (Å²) in [6, 6.07) is 9.53. The summed E-state index contributed by atoms with van der Waals surface area (Å²) in [5, 5.41) is 28.5. The van der Waals surface area contributed by atoms with Crippen LogP contribution in [0, 0.1) is 30.9 Å². The van der Waals surface area contributed by atoms with Crippen molar-refractivity contribution in [3.05, 3.63) is 69.2 Å². The number of non-ortho nitro benzene ring substituents is 1. The standard InChI is InChI=1S/C18H20N6O3/c1-11-9-17(21-18(20-11)23-13(3)8-12(2)22-23)19-10-16(25)14-4-6-15(7-5-14)24(26)27/h4-9,16,25H,10H2,1-3H3,(H,19,20,21). The van der Waals surface area contributed by atoms with Crippen LogP contribution in [0.2, 0.25) is 0 Å². The Morgan fingerprint density at radius 3 is 2.44 bits per heavy atom. The van der Waals surface area contributed by atoms with Crippen LogP contribution in [0.25, 0.3) is 5.95 Å². The highest BCUT2D eigenvalue weighted by Gasteiger charge is 2.13. The number of nitrogens with one attached hydrogen (secondary N) is 1. The van der Waals surface area contributed by atoms with Gasteiger partial charge in [-0.2, -0.15) is 10.1 Å². The zero-order valence-corrected chi connectivity index (χ0v) is 15.2. The summed E-state index contributed by atoms with van der Waals surface area (Å²) in [7, 11) is 0. The van der Waals surface area contributed by atoms with Gasteiger partial charge in [-0.15, -0.1) is 0 Å². The van der Waals surface area contributed by atoms with Gasteiger partial charge in [0.15, 0.2) is 0 Å². The molecule has 9 heteroatoms. The number of aromatic nitrogens is 4. The first-order valence-electron chi connectivity index (χ1n) is 8.39. The van der Waals surface area contributed by atoms with E-state index >= 15 is 0 Å². The minimum Gasteiger partial charge on any atom is -0.387 e. The first kappa shape index (κ1) is 18.5. The van der Waals surface area contributed by atoms with Gasteiger partial charge in [-0.05, 0) is 44.5 Å². The summed E-state index contributed by atoms with van der Waals surface area (Å²) in [5.41, 5.74) is 3.13. The number of aliphatic hydroxyl groups excluding tert-OH is 1. The summed E-state index contributed by atoms with van der Waals surface area (Å²) in [6.07, 6.45) is -0.835. The average molecular weight is 368 g/mol. The molecule has 2 heterocycles. The van der Waals surface area contributed by atoms with E-state index in [1.807, 2.05) is 26.8 Å². The maximum Gasteiger partial charge on any atom is 0.269 e. The minimum atomic E-state index is -0.835. The number of nitro benzene ring substituents is 1. The van der Waals surface area contributed by atoms with Gasteiger partial charge < -0.3 is 10.4 Å². The fourth-order valence-electron chi connectivity index (χ4n) is 2.71. The molecule has 2 aromatic heterocycles. The van der Waals surface area contributed by atoms with Crippen LogP contribution >= 0.6 is 0 Å². The molecule has 0 aliphatic carbocycles. The molecule has 1 aromatic carbocycles. The van der Waals surface area contributed by atoms with Crippen LogP contribution in [0.4, 0.5) is 11.5 Å². The predicted molar refractivity (Wildman–Crippen MR) is 99.9 cm³/mol. The van der Waals surface area contributed by atoms with Crippen LogP contribution < -0.4 is 5.32 Å². The first-order valence-corrected chi connectivity index (χ1v) is 8.39. The molecule has 0 bridgehead atoms. The van der Waals surface area contributed by atoms with Crippen molar-refractivity contribution in [2.75, 3.05) is 11.9 Å². The Labute approximate surface area is 155 Å². The molecule has 3 aromatic rings. The largest absolute Gasteiger partial charge is 0.387 e. The SMILES string of the molecule is Cc1cc(NCC(O)c2ccc([N+](=O)[O-])cc2)nc(-n2nc(C)cc2C)n1. The van der Waals surface area contributed by atoms with Gasteiger partial charge >= 0.3 is 0 Å². The van der Waals surface area contributed by atoms with Crippen LogP contribution in [0.5, 0.6) is 0 Å². The van der Waals surface area contributed by atoms with E-state index in [1.165, 1.54) is 24.3 Å². The zero-order chi connectivity index (χ0) is 19.6. The lowest BCUT2D eigenvalue weighted by molar-refractivity contribution is -0.384. The molecule has 27 heavy (non-hydrogen) atoms. The lowest BCUT2D eigenvalue weighted by Gasteiger charge is -2.14.